The van der Waals surface area contributed by atoms with Crippen LogP contribution >= 0.6 is 24.2 Å². The summed E-state index contributed by atoms with van der Waals surface area (Å²) < 4.78 is 11.0. The number of carbonyl (C=O) groups excluding carboxylic acids is 3. The van der Waals surface area contributed by atoms with E-state index in [0.717, 1.165) is 51.3 Å². The number of amides is 2. The zero-order valence-corrected chi connectivity index (χ0v) is 26.6. The molecule has 2 fully saturated rings. The lowest BCUT2D eigenvalue weighted by Gasteiger charge is -2.32. The molecule has 2 N–H and O–H groups in total. The highest BCUT2D eigenvalue weighted by molar-refractivity contribution is 7.99. The molecule has 1 saturated carbocycles. The smallest absolute Gasteiger partial charge is 0.286 e. The fourth-order valence-corrected chi connectivity index (χ4v) is 6.01. The summed E-state index contributed by atoms with van der Waals surface area (Å²) in [7, 11) is 0. The molecule has 232 valence electrons. The molecule has 0 radical (unpaired) electrons. The maximum Gasteiger partial charge on any atom is 0.286 e. The van der Waals surface area contributed by atoms with Crippen LogP contribution in [0.4, 0.5) is 0 Å². The number of nitrogens with zero attached hydrogens (tertiary/aromatic N) is 3. The van der Waals surface area contributed by atoms with E-state index in [0.29, 0.717) is 30.0 Å². The molecular formula is C30H44ClN5O5S. The van der Waals surface area contributed by atoms with Crippen LogP contribution in [0.1, 0.15) is 86.4 Å². The number of nitrogens with one attached hydrogen (secondary N) is 2. The summed E-state index contributed by atoms with van der Waals surface area (Å²) in [6, 6.07) is 6.57. The second-order valence-electron chi connectivity index (χ2n) is 11.7. The lowest BCUT2D eigenvalue weighted by molar-refractivity contribution is -0.127. The molecule has 1 aliphatic heterocycles. The summed E-state index contributed by atoms with van der Waals surface area (Å²) in [5.74, 6) is -1.17. The van der Waals surface area contributed by atoms with Crippen molar-refractivity contribution in [3.8, 4) is 0 Å². The summed E-state index contributed by atoms with van der Waals surface area (Å²) >= 11 is 1.38. The second-order valence-corrected chi connectivity index (χ2v) is 13.2. The Bertz CT molecular complexity index is 1190. The number of morpholine rings is 1. The molecule has 1 saturated heterocycles. The summed E-state index contributed by atoms with van der Waals surface area (Å²) in [6.07, 6.45) is 3.62. The molecule has 3 atom stereocenters. The molecule has 0 spiro atoms. The lowest BCUT2D eigenvalue weighted by Crippen LogP contribution is -2.52. The van der Waals surface area contributed by atoms with Crippen LogP contribution in [0.2, 0.25) is 0 Å². The van der Waals surface area contributed by atoms with Crippen LogP contribution in [0, 0.1) is 11.8 Å². The molecule has 2 heterocycles. The van der Waals surface area contributed by atoms with Crippen LogP contribution in [-0.2, 0) is 16.1 Å². The van der Waals surface area contributed by atoms with Gasteiger partial charge in [-0.05, 0) is 42.9 Å². The highest BCUT2D eigenvalue weighted by atomic mass is 35.5. The van der Waals surface area contributed by atoms with Gasteiger partial charge in [-0.1, -0.05) is 64.4 Å². The van der Waals surface area contributed by atoms with Crippen molar-refractivity contribution in [3.05, 3.63) is 41.3 Å². The zero-order valence-electron chi connectivity index (χ0n) is 25.0. The number of hydrogen-bond acceptors (Lipinski definition) is 9. The molecular weight excluding hydrogens is 578 g/mol. The first-order valence-corrected chi connectivity index (χ1v) is 15.6. The van der Waals surface area contributed by atoms with Gasteiger partial charge in [0.2, 0.25) is 11.7 Å². The molecule has 4 rings (SSSR count). The largest absolute Gasteiger partial charge is 0.408 e. The molecule has 2 aromatic rings. The molecule has 1 aromatic heterocycles. The molecule has 10 nitrogen and oxygen atoms in total. The average molecular weight is 622 g/mol. The van der Waals surface area contributed by atoms with Gasteiger partial charge in [-0.3, -0.25) is 19.3 Å². The molecule has 2 aliphatic rings. The third-order valence-corrected chi connectivity index (χ3v) is 8.25. The Balaban J connectivity index is 0.00000484. The second kappa shape index (κ2) is 16.4. The number of carbonyl (C=O) groups is 3. The number of hydrogen-bond donors (Lipinski definition) is 2. The van der Waals surface area contributed by atoms with Gasteiger partial charge in [-0.15, -0.1) is 22.6 Å². The third-order valence-electron chi connectivity index (χ3n) is 7.41. The maximum absolute atomic E-state index is 13.6. The Morgan fingerprint density at radius 3 is 2.52 bits per heavy atom. The van der Waals surface area contributed by atoms with Crippen molar-refractivity contribution in [2.75, 3.05) is 26.3 Å². The van der Waals surface area contributed by atoms with Crippen LogP contribution in [-0.4, -0.2) is 76.3 Å². The van der Waals surface area contributed by atoms with Gasteiger partial charge in [0.15, 0.2) is 0 Å². The number of benzene rings is 1. The van der Waals surface area contributed by atoms with Gasteiger partial charge in [0, 0.05) is 36.5 Å². The monoisotopic (exact) mass is 621 g/mol. The minimum Gasteiger partial charge on any atom is -0.408 e. The molecule has 0 unspecified atom stereocenters. The Kier molecular flexibility index (Phi) is 13.3. The van der Waals surface area contributed by atoms with Gasteiger partial charge in [0.05, 0.1) is 25.2 Å². The number of ether oxygens (including phenoxy) is 1. The van der Waals surface area contributed by atoms with Crippen molar-refractivity contribution in [1.82, 2.24) is 25.7 Å². The fourth-order valence-electron chi connectivity index (χ4n) is 5.39. The van der Waals surface area contributed by atoms with Crippen molar-refractivity contribution in [3.63, 3.8) is 0 Å². The highest BCUT2D eigenvalue weighted by Gasteiger charge is 2.35. The first-order valence-electron chi connectivity index (χ1n) is 14.7. The summed E-state index contributed by atoms with van der Waals surface area (Å²) in [5, 5.41) is 14.6. The molecule has 2 amide bonds. The number of Topliss-reactive ketones (excluding diaryl/α,β-unsaturated/α-hetero) is 1. The van der Waals surface area contributed by atoms with Crippen LogP contribution in [0.3, 0.4) is 0 Å². The van der Waals surface area contributed by atoms with E-state index in [-0.39, 0.29) is 53.1 Å². The van der Waals surface area contributed by atoms with E-state index < -0.39 is 12.0 Å². The topological polar surface area (TPSA) is 127 Å². The predicted molar refractivity (Wildman–Crippen MR) is 164 cm³/mol. The SMILES string of the molecule is CC(C)C[C@H](NC(=O)[C@@H]1CCCC[C@@H]1NC(=O)c1cccc(CN2CCOCC2)c1)C(=O)c1nnc(SC(C)C)o1.Cl. The van der Waals surface area contributed by atoms with Gasteiger partial charge in [-0.25, -0.2) is 0 Å². The normalized spacial score (nSPS) is 20.1. The minimum absolute atomic E-state index is 0. The molecule has 12 heteroatoms. The van der Waals surface area contributed by atoms with Gasteiger partial charge < -0.3 is 19.8 Å². The van der Waals surface area contributed by atoms with Crippen molar-refractivity contribution >= 4 is 41.8 Å². The van der Waals surface area contributed by atoms with E-state index >= 15 is 0 Å². The third kappa shape index (κ3) is 9.79. The van der Waals surface area contributed by atoms with Gasteiger partial charge in [0.25, 0.3) is 17.0 Å². The van der Waals surface area contributed by atoms with Crippen molar-refractivity contribution < 1.29 is 23.5 Å². The number of ketones is 1. The first-order chi connectivity index (χ1) is 19.7. The van der Waals surface area contributed by atoms with Crippen LogP contribution in [0.25, 0.3) is 0 Å². The van der Waals surface area contributed by atoms with Crippen LogP contribution < -0.4 is 10.6 Å². The first kappa shape index (κ1) is 34.0. The van der Waals surface area contributed by atoms with Crippen LogP contribution in [0.5, 0.6) is 0 Å². The van der Waals surface area contributed by atoms with E-state index in [1.807, 2.05) is 52.0 Å². The predicted octanol–water partition coefficient (Wildman–Crippen LogP) is 4.53. The Morgan fingerprint density at radius 2 is 1.81 bits per heavy atom. The zero-order chi connectivity index (χ0) is 29.4. The van der Waals surface area contributed by atoms with Gasteiger partial charge in [-0.2, -0.15) is 0 Å². The minimum atomic E-state index is -0.782. The summed E-state index contributed by atoms with van der Waals surface area (Å²) in [6.45, 7) is 12.0. The molecule has 0 bridgehead atoms. The van der Waals surface area contributed by atoms with E-state index in [4.69, 9.17) is 9.15 Å². The lowest BCUT2D eigenvalue weighted by atomic mass is 9.83. The summed E-state index contributed by atoms with van der Waals surface area (Å²) in [4.78, 5) is 42.5. The Morgan fingerprint density at radius 1 is 1.07 bits per heavy atom. The standard InChI is InChI=1S/C30H43N5O5S.ClH/c1-19(2)16-25(26(36)29-33-34-30(40-29)41-20(3)4)32-28(38)23-10-5-6-11-24(23)31-27(37)22-9-7-8-21(17-22)18-35-12-14-39-15-13-35;/h7-9,17,19-20,23-25H,5-6,10-16,18H2,1-4H3,(H,31,37)(H,32,38);1H/t23-,24+,25+;/m1./s1. The van der Waals surface area contributed by atoms with Gasteiger partial charge >= 0.3 is 0 Å². The quantitative estimate of drug-likeness (QED) is 0.260. The van der Waals surface area contributed by atoms with Crippen molar-refractivity contribution in [2.24, 2.45) is 11.8 Å². The fraction of sp³-hybridized carbons (Fsp3) is 0.633. The van der Waals surface area contributed by atoms with Crippen molar-refractivity contribution in [2.45, 2.75) is 88.9 Å². The number of halogens is 1. The van der Waals surface area contributed by atoms with E-state index in [2.05, 4.69) is 25.7 Å². The van der Waals surface area contributed by atoms with E-state index in [9.17, 15) is 14.4 Å². The molecule has 42 heavy (non-hydrogen) atoms. The number of aromatic nitrogens is 2. The number of thioether (sulfide) groups is 1. The number of rotatable bonds is 12. The van der Waals surface area contributed by atoms with E-state index in [1.54, 1.807) is 0 Å². The van der Waals surface area contributed by atoms with E-state index in [1.165, 1.54) is 11.8 Å². The Labute approximate surface area is 258 Å². The maximum atomic E-state index is 13.6. The van der Waals surface area contributed by atoms with Crippen LogP contribution in [0.15, 0.2) is 33.9 Å². The van der Waals surface area contributed by atoms with Gasteiger partial charge in [0.1, 0.15) is 0 Å². The summed E-state index contributed by atoms with van der Waals surface area (Å²) in [5.41, 5.74) is 1.66. The molecule has 1 aromatic carbocycles. The van der Waals surface area contributed by atoms with Crippen molar-refractivity contribution in [1.29, 1.82) is 0 Å². The Hall–Kier alpha value is -2.47. The molecule has 1 aliphatic carbocycles. The average Bonchev–Trinajstić information content (AvgIpc) is 3.40. The highest BCUT2D eigenvalue weighted by Crippen LogP contribution is 2.27.